The molecule has 2 heterocycles. The normalized spacial score (nSPS) is 17.9. The zero-order valence-electron chi connectivity index (χ0n) is 10.9. The summed E-state index contributed by atoms with van der Waals surface area (Å²) in [4.78, 5) is 14.6. The van der Waals surface area contributed by atoms with E-state index in [-0.39, 0.29) is 10.9 Å². The minimum atomic E-state index is -0.758. The summed E-state index contributed by atoms with van der Waals surface area (Å²) in [6.45, 7) is 1.52. The van der Waals surface area contributed by atoms with E-state index in [0.717, 1.165) is 5.56 Å². The molecule has 6 nitrogen and oxygen atoms in total. The lowest BCUT2D eigenvalue weighted by Gasteiger charge is -2.37. The summed E-state index contributed by atoms with van der Waals surface area (Å²) in [6, 6.07) is 0. The molecule has 0 atom stereocenters. The second kappa shape index (κ2) is 5.66. The van der Waals surface area contributed by atoms with Gasteiger partial charge in [-0.15, -0.1) is 0 Å². The number of hydrogen-bond donors (Lipinski definition) is 2. The van der Waals surface area contributed by atoms with Crippen molar-refractivity contribution in [3.8, 4) is 0 Å². The molecule has 0 unspecified atom stereocenters. The van der Waals surface area contributed by atoms with Crippen LogP contribution in [0.3, 0.4) is 0 Å². The van der Waals surface area contributed by atoms with Gasteiger partial charge in [-0.1, -0.05) is 12.2 Å². The van der Waals surface area contributed by atoms with Crippen LogP contribution in [0.25, 0.3) is 0 Å². The number of nitrogens with two attached hydrogens (primary N) is 1. The number of aromatic nitrogens is 2. The summed E-state index contributed by atoms with van der Waals surface area (Å²) in [5, 5.41) is 6.59. The third-order valence-electron chi connectivity index (χ3n) is 3.55. The highest BCUT2D eigenvalue weighted by atomic mass is 32.1. The molecule has 104 valence electrons. The van der Waals surface area contributed by atoms with Crippen LogP contribution in [0.4, 0.5) is 0 Å². The van der Waals surface area contributed by atoms with Crippen LogP contribution in [-0.4, -0.2) is 46.3 Å². The van der Waals surface area contributed by atoms with E-state index < -0.39 is 5.41 Å². The van der Waals surface area contributed by atoms with Crippen molar-refractivity contribution in [2.45, 2.75) is 19.4 Å². The number of aromatic amines is 1. The van der Waals surface area contributed by atoms with E-state index in [9.17, 15) is 4.79 Å². The molecule has 1 aromatic rings. The van der Waals surface area contributed by atoms with E-state index in [1.165, 1.54) is 0 Å². The van der Waals surface area contributed by atoms with Crippen molar-refractivity contribution in [2.75, 3.05) is 20.3 Å². The molecule has 7 heteroatoms. The summed E-state index contributed by atoms with van der Waals surface area (Å²) in [6.07, 6.45) is 4.57. The fourth-order valence-electron chi connectivity index (χ4n) is 2.36. The number of nitrogens with one attached hydrogen (secondary N) is 1. The molecule has 0 saturated carbocycles. The first-order chi connectivity index (χ1) is 9.06. The molecule has 2 rings (SSSR count). The van der Waals surface area contributed by atoms with Gasteiger partial charge in [0, 0.05) is 38.6 Å². The van der Waals surface area contributed by atoms with Crippen LogP contribution in [0, 0.1) is 5.41 Å². The van der Waals surface area contributed by atoms with Gasteiger partial charge >= 0.3 is 0 Å². The average Bonchev–Trinajstić information content (AvgIpc) is 2.91. The predicted molar refractivity (Wildman–Crippen MR) is 74.3 cm³/mol. The SMILES string of the molecule is CN(Cc1cn[nH]c1)C(=O)C1(C(N)=S)CCOCC1. The average molecular weight is 282 g/mol. The Morgan fingerprint density at radius 1 is 1.63 bits per heavy atom. The molecule has 0 spiro atoms. The fourth-order valence-corrected chi connectivity index (χ4v) is 2.65. The number of H-pyrrole nitrogens is 1. The first-order valence-corrected chi connectivity index (χ1v) is 6.58. The molecular weight excluding hydrogens is 264 g/mol. The highest BCUT2D eigenvalue weighted by molar-refractivity contribution is 7.80. The third kappa shape index (κ3) is 2.76. The quantitative estimate of drug-likeness (QED) is 0.783. The zero-order chi connectivity index (χ0) is 13.9. The van der Waals surface area contributed by atoms with Crippen molar-refractivity contribution >= 4 is 23.1 Å². The van der Waals surface area contributed by atoms with Crippen LogP contribution < -0.4 is 5.73 Å². The minimum Gasteiger partial charge on any atom is -0.392 e. The summed E-state index contributed by atoms with van der Waals surface area (Å²) >= 11 is 5.13. The van der Waals surface area contributed by atoms with Crippen LogP contribution in [-0.2, 0) is 16.1 Å². The molecule has 19 heavy (non-hydrogen) atoms. The number of amides is 1. The first kappa shape index (κ1) is 14.0. The van der Waals surface area contributed by atoms with Crippen molar-refractivity contribution in [2.24, 2.45) is 11.1 Å². The van der Waals surface area contributed by atoms with Gasteiger partial charge in [-0.2, -0.15) is 5.10 Å². The smallest absolute Gasteiger partial charge is 0.235 e. The minimum absolute atomic E-state index is 0.0375. The molecule has 1 saturated heterocycles. The van der Waals surface area contributed by atoms with E-state index in [4.69, 9.17) is 22.7 Å². The zero-order valence-corrected chi connectivity index (χ0v) is 11.7. The van der Waals surface area contributed by atoms with E-state index in [0.29, 0.717) is 32.6 Å². The van der Waals surface area contributed by atoms with Crippen LogP contribution in [0.15, 0.2) is 12.4 Å². The van der Waals surface area contributed by atoms with Crippen molar-refractivity contribution in [3.63, 3.8) is 0 Å². The summed E-state index contributed by atoms with van der Waals surface area (Å²) < 4.78 is 5.31. The molecule has 1 fully saturated rings. The van der Waals surface area contributed by atoms with Gasteiger partial charge in [0.05, 0.1) is 11.2 Å². The highest BCUT2D eigenvalue weighted by Crippen LogP contribution is 2.33. The predicted octanol–water partition coefficient (Wildman–Crippen LogP) is 0.451. The Balaban J connectivity index is 2.13. The van der Waals surface area contributed by atoms with Crippen molar-refractivity contribution in [1.82, 2.24) is 15.1 Å². The van der Waals surface area contributed by atoms with E-state index in [1.54, 1.807) is 24.3 Å². The number of rotatable bonds is 4. The maximum Gasteiger partial charge on any atom is 0.235 e. The molecule has 3 N–H and O–H groups in total. The largest absolute Gasteiger partial charge is 0.392 e. The van der Waals surface area contributed by atoms with E-state index in [1.807, 2.05) is 0 Å². The first-order valence-electron chi connectivity index (χ1n) is 6.17. The van der Waals surface area contributed by atoms with Crippen LogP contribution in [0.1, 0.15) is 18.4 Å². The summed E-state index contributed by atoms with van der Waals surface area (Å²) in [5.74, 6) is -0.0375. The van der Waals surface area contributed by atoms with Crippen molar-refractivity contribution in [1.29, 1.82) is 0 Å². The Morgan fingerprint density at radius 2 is 2.32 bits per heavy atom. The van der Waals surface area contributed by atoms with E-state index >= 15 is 0 Å². The summed E-state index contributed by atoms with van der Waals surface area (Å²) in [7, 11) is 1.75. The van der Waals surface area contributed by atoms with Gasteiger partial charge in [-0.05, 0) is 12.8 Å². The molecule has 0 radical (unpaired) electrons. The van der Waals surface area contributed by atoms with Crippen LogP contribution in [0.5, 0.6) is 0 Å². The number of thiocarbonyl (C=S) groups is 1. The topological polar surface area (TPSA) is 84.2 Å². The second-order valence-electron chi connectivity index (χ2n) is 4.83. The highest BCUT2D eigenvalue weighted by Gasteiger charge is 2.44. The van der Waals surface area contributed by atoms with Crippen LogP contribution >= 0.6 is 12.2 Å². The number of nitrogens with zero attached hydrogens (tertiary/aromatic N) is 2. The van der Waals surface area contributed by atoms with Crippen LogP contribution in [0.2, 0.25) is 0 Å². The van der Waals surface area contributed by atoms with Crippen molar-refractivity contribution in [3.05, 3.63) is 18.0 Å². The Hall–Kier alpha value is -1.47. The number of carbonyl (C=O) groups is 1. The van der Waals surface area contributed by atoms with Gasteiger partial charge in [-0.25, -0.2) is 0 Å². The Kier molecular flexibility index (Phi) is 4.16. The van der Waals surface area contributed by atoms with E-state index in [2.05, 4.69) is 10.2 Å². The Bertz CT molecular complexity index is 454. The van der Waals surface area contributed by atoms with Gasteiger partial charge in [0.1, 0.15) is 5.41 Å². The molecular formula is C12H18N4O2S. The number of carbonyl (C=O) groups excluding carboxylic acids is 1. The second-order valence-corrected chi connectivity index (χ2v) is 5.27. The third-order valence-corrected chi connectivity index (χ3v) is 3.94. The van der Waals surface area contributed by atoms with Crippen molar-refractivity contribution < 1.29 is 9.53 Å². The molecule has 0 bridgehead atoms. The lowest BCUT2D eigenvalue weighted by molar-refractivity contribution is -0.141. The lowest BCUT2D eigenvalue weighted by atomic mass is 9.78. The molecule has 1 aromatic heterocycles. The molecule has 1 aliphatic heterocycles. The maximum absolute atomic E-state index is 12.7. The Morgan fingerprint density at radius 3 is 2.84 bits per heavy atom. The molecule has 1 aliphatic rings. The molecule has 0 aliphatic carbocycles. The number of hydrogen-bond acceptors (Lipinski definition) is 4. The monoisotopic (exact) mass is 282 g/mol. The standard InChI is InChI=1S/C12H18N4O2S/c1-16(8-9-6-14-15-7-9)11(17)12(10(13)19)2-4-18-5-3-12/h6-7H,2-5,8H2,1H3,(H2,13,19)(H,14,15). The fraction of sp³-hybridized carbons (Fsp3) is 0.583. The van der Waals surface area contributed by atoms with Gasteiger partial charge in [0.15, 0.2) is 0 Å². The Labute approximate surface area is 117 Å². The van der Waals surface area contributed by atoms with Gasteiger partial charge in [0.25, 0.3) is 0 Å². The summed E-state index contributed by atoms with van der Waals surface area (Å²) in [5.41, 5.74) is 6.01. The lowest BCUT2D eigenvalue weighted by Crippen LogP contribution is -2.52. The van der Waals surface area contributed by atoms with Gasteiger partial charge in [0.2, 0.25) is 5.91 Å². The number of ether oxygens (including phenoxy) is 1. The molecule has 0 aromatic carbocycles. The van der Waals surface area contributed by atoms with Gasteiger partial charge in [-0.3, -0.25) is 9.89 Å². The van der Waals surface area contributed by atoms with Gasteiger partial charge < -0.3 is 15.4 Å². The molecule has 1 amide bonds. The maximum atomic E-state index is 12.7.